The maximum absolute atomic E-state index is 5.70. The van der Waals surface area contributed by atoms with Crippen LogP contribution < -0.4 is 15.8 Å². The molecule has 102 valence electrons. The molecule has 18 heavy (non-hydrogen) atoms. The predicted octanol–water partition coefficient (Wildman–Crippen LogP) is 2.39. The number of ether oxygens (including phenoxy) is 1. The van der Waals surface area contributed by atoms with Gasteiger partial charge in [0.2, 0.25) is 0 Å². The Morgan fingerprint density at radius 1 is 1.33 bits per heavy atom. The van der Waals surface area contributed by atoms with Crippen molar-refractivity contribution in [2.24, 2.45) is 11.7 Å². The van der Waals surface area contributed by atoms with E-state index in [0.717, 1.165) is 31.8 Å². The lowest BCUT2D eigenvalue weighted by Gasteiger charge is -2.16. The summed E-state index contributed by atoms with van der Waals surface area (Å²) in [5.41, 5.74) is 9.46. The lowest BCUT2D eigenvalue weighted by molar-refractivity contribution is 0.404. The molecule has 0 spiro atoms. The van der Waals surface area contributed by atoms with Crippen molar-refractivity contribution in [1.82, 2.24) is 5.32 Å². The summed E-state index contributed by atoms with van der Waals surface area (Å²) in [6.07, 6.45) is 1.12. The summed E-state index contributed by atoms with van der Waals surface area (Å²) in [6.45, 7) is 8.95. The second kappa shape index (κ2) is 7.39. The Bertz CT molecular complexity index is 373. The van der Waals surface area contributed by atoms with E-state index < -0.39 is 0 Å². The molecule has 0 amide bonds. The zero-order valence-electron chi connectivity index (χ0n) is 12.0. The van der Waals surface area contributed by atoms with Gasteiger partial charge in [0, 0.05) is 12.1 Å². The smallest absolute Gasteiger partial charge is 0.123 e. The number of benzene rings is 1. The molecule has 0 aromatic heterocycles. The van der Waals surface area contributed by atoms with Gasteiger partial charge in [0.05, 0.1) is 7.11 Å². The topological polar surface area (TPSA) is 47.3 Å². The minimum atomic E-state index is 0.557. The van der Waals surface area contributed by atoms with E-state index >= 15 is 0 Å². The molecule has 0 aliphatic carbocycles. The largest absolute Gasteiger partial charge is 0.496 e. The summed E-state index contributed by atoms with van der Waals surface area (Å²) >= 11 is 0. The van der Waals surface area contributed by atoms with Gasteiger partial charge in [-0.2, -0.15) is 0 Å². The van der Waals surface area contributed by atoms with Gasteiger partial charge in [0.25, 0.3) is 0 Å². The SMILES string of the molecule is CCC(CN)CNCc1c(C)cc(C)cc1OC. The fraction of sp³-hybridized carbons (Fsp3) is 0.600. The van der Waals surface area contributed by atoms with E-state index in [-0.39, 0.29) is 0 Å². The van der Waals surface area contributed by atoms with Crippen LogP contribution in [-0.2, 0) is 6.54 Å². The van der Waals surface area contributed by atoms with Crippen molar-refractivity contribution in [3.05, 3.63) is 28.8 Å². The van der Waals surface area contributed by atoms with Crippen LogP contribution >= 0.6 is 0 Å². The highest BCUT2D eigenvalue weighted by molar-refractivity contribution is 5.42. The number of nitrogens with one attached hydrogen (secondary N) is 1. The number of nitrogens with two attached hydrogens (primary N) is 1. The molecule has 0 aliphatic heterocycles. The van der Waals surface area contributed by atoms with Crippen molar-refractivity contribution in [2.45, 2.75) is 33.7 Å². The summed E-state index contributed by atoms with van der Waals surface area (Å²) in [5.74, 6) is 1.53. The van der Waals surface area contributed by atoms with Gasteiger partial charge in [-0.3, -0.25) is 0 Å². The first-order valence-corrected chi connectivity index (χ1v) is 6.67. The maximum Gasteiger partial charge on any atom is 0.123 e. The Labute approximate surface area is 111 Å². The molecular formula is C15H26N2O. The lowest BCUT2D eigenvalue weighted by Crippen LogP contribution is -2.27. The Morgan fingerprint density at radius 3 is 2.61 bits per heavy atom. The van der Waals surface area contributed by atoms with E-state index in [4.69, 9.17) is 10.5 Å². The van der Waals surface area contributed by atoms with E-state index in [1.165, 1.54) is 16.7 Å². The van der Waals surface area contributed by atoms with Crippen molar-refractivity contribution in [3.63, 3.8) is 0 Å². The first-order chi connectivity index (χ1) is 8.62. The zero-order chi connectivity index (χ0) is 13.5. The van der Waals surface area contributed by atoms with Gasteiger partial charge >= 0.3 is 0 Å². The van der Waals surface area contributed by atoms with E-state index in [1.807, 2.05) is 0 Å². The van der Waals surface area contributed by atoms with Crippen molar-refractivity contribution >= 4 is 0 Å². The Kier molecular flexibility index (Phi) is 6.16. The van der Waals surface area contributed by atoms with E-state index in [2.05, 4.69) is 38.2 Å². The van der Waals surface area contributed by atoms with Crippen LogP contribution in [0.5, 0.6) is 5.75 Å². The van der Waals surface area contributed by atoms with Crippen molar-refractivity contribution < 1.29 is 4.74 Å². The molecule has 1 aromatic rings. The molecule has 0 aliphatic rings. The number of rotatable bonds is 7. The first-order valence-electron chi connectivity index (χ1n) is 6.67. The molecule has 1 atom stereocenters. The van der Waals surface area contributed by atoms with Gasteiger partial charge in [-0.25, -0.2) is 0 Å². The van der Waals surface area contributed by atoms with Gasteiger partial charge in [0.15, 0.2) is 0 Å². The number of hydrogen-bond donors (Lipinski definition) is 2. The molecular weight excluding hydrogens is 224 g/mol. The third-order valence-electron chi connectivity index (χ3n) is 3.44. The predicted molar refractivity (Wildman–Crippen MR) is 77.0 cm³/mol. The number of methoxy groups -OCH3 is 1. The van der Waals surface area contributed by atoms with Crippen LogP contribution in [0.1, 0.15) is 30.0 Å². The van der Waals surface area contributed by atoms with Crippen LogP contribution in [0, 0.1) is 19.8 Å². The van der Waals surface area contributed by atoms with Crippen molar-refractivity contribution in [3.8, 4) is 5.75 Å². The van der Waals surface area contributed by atoms with Crippen molar-refractivity contribution in [1.29, 1.82) is 0 Å². The third-order valence-corrected chi connectivity index (χ3v) is 3.44. The normalized spacial score (nSPS) is 12.5. The fourth-order valence-electron chi connectivity index (χ4n) is 2.16. The number of hydrogen-bond acceptors (Lipinski definition) is 3. The number of aryl methyl sites for hydroxylation is 2. The molecule has 3 N–H and O–H groups in total. The maximum atomic E-state index is 5.70. The highest BCUT2D eigenvalue weighted by atomic mass is 16.5. The Morgan fingerprint density at radius 2 is 2.06 bits per heavy atom. The standard InChI is InChI=1S/C15H26N2O/c1-5-13(8-16)9-17-10-14-12(3)6-11(2)7-15(14)18-4/h6-7,13,17H,5,8-10,16H2,1-4H3. The average Bonchev–Trinajstić information content (AvgIpc) is 2.36. The van der Waals surface area contributed by atoms with Crippen LogP contribution in [0.25, 0.3) is 0 Å². The van der Waals surface area contributed by atoms with Gasteiger partial charge < -0.3 is 15.8 Å². The van der Waals surface area contributed by atoms with Crippen LogP contribution in [-0.4, -0.2) is 20.2 Å². The van der Waals surface area contributed by atoms with Gasteiger partial charge in [-0.15, -0.1) is 0 Å². The molecule has 1 unspecified atom stereocenters. The molecule has 3 nitrogen and oxygen atoms in total. The lowest BCUT2D eigenvalue weighted by atomic mass is 10.0. The van der Waals surface area contributed by atoms with Crippen LogP contribution in [0.15, 0.2) is 12.1 Å². The first kappa shape index (κ1) is 15.0. The highest BCUT2D eigenvalue weighted by Crippen LogP contribution is 2.23. The second-order valence-electron chi connectivity index (χ2n) is 4.90. The minimum Gasteiger partial charge on any atom is -0.496 e. The Balaban J connectivity index is 2.66. The summed E-state index contributed by atoms with van der Waals surface area (Å²) in [7, 11) is 1.73. The summed E-state index contributed by atoms with van der Waals surface area (Å²) in [5, 5.41) is 3.48. The second-order valence-corrected chi connectivity index (χ2v) is 4.90. The van der Waals surface area contributed by atoms with E-state index in [1.54, 1.807) is 7.11 Å². The molecule has 3 heteroatoms. The molecule has 0 fully saturated rings. The van der Waals surface area contributed by atoms with Gasteiger partial charge in [0.1, 0.15) is 5.75 Å². The van der Waals surface area contributed by atoms with Crippen LogP contribution in [0.2, 0.25) is 0 Å². The monoisotopic (exact) mass is 250 g/mol. The molecule has 0 heterocycles. The fourth-order valence-corrected chi connectivity index (χ4v) is 2.16. The van der Waals surface area contributed by atoms with Crippen LogP contribution in [0.4, 0.5) is 0 Å². The summed E-state index contributed by atoms with van der Waals surface area (Å²) in [4.78, 5) is 0. The molecule has 0 saturated carbocycles. The molecule has 0 saturated heterocycles. The van der Waals surface area contributed by atoms with Crippen LogP contribution in [0.3, 0.4) is 0 Å². The molecule has 1 aromatic carbocycles. The Hall–Kier alpha value is -1.06. The summed E-state index contributed by atoms with van der Waals surface area (Å²) < 4.78 is 5.45. The molecule has 0 bridgehead atoms. The van der Waals surface area contributed by atoms with Gasteiger partial charge in [-0.1, -0.05) is 19.4 Å². The molecule has 0 radical (unpaired) electrons. The quantitative estimate of drug-likeness (QED) is 0.781. The molecule has 1 rings (SSSR count). The third kappa shape index (κ3) is 4.00. The highest BCUT2D eigenvalue weighted by Gasteiger charge is 2.08. The van der Waals surface area contributed by atoms with E-state index in [0.29, 0.717) is 5.92 Å². The van der Waals surface area contributed by atoms with Crippen molar-refractivity contribution in [2.75, 3.05) is 20.2 Å². The minimum absolute atomic E-state index is 0.557. The van der Waals surface area contributed by atoms with E-state index in [9.17, 15) is 0 Å². The van der Waals surface area contributed by atoms with Gasteiger partial charge in [-0.05, 0) is 50.0 Å². The summed E-state index contributed by atoms with van der Waals surface area (Å²) in [6, 6.07) is 4.28. The average molecular weight is 250 g/mol. The zero-order valence-corrected chi connectivity index (χ0v) is 12.0.